The molecule has 2 rings (SSSR count). The van der Waals surface area contributed by atoms with Gasteiger partial charge >= 0.3 is 0 Å². The first kappa shape index (κ1) is 9.51. The molecule has 13 heavy (non-hydrogen) atoms. The van der Waals surface area contributed by atoms with Gasteiger partial charge in [0.05, 0.1) is 0 Å². The molecule has 0 bridgehead atoms. The molecule has 76 valence electrons. The van der Waals surface area contributed by atoms with E-state index in [1.807, 2.05) is 0 Å². The molecule has 0 radical (unpaired) electrons. The molecular weight excluding hydrogens is 158 g/mol. The maximum atomic E-state index is 2.60. The molecule has 0 aromatic carbocycles. The average Bonchev–Trinajstić information content (AvgIpc) is 2.11. The Balaban J connectivity index is 1.50. The Morgan fingerprint density at radius 2 is 1.69 bits per heavy atom. The summed E-state index contributed by atoms with van der Waals surface area (Å²) in [7, 11) is 0. The summed E-state index contributed by atoms with van der Waals surface area (Å²) in [6.45, 7) is 4.14. The van der Waals surface area contributed by atoms with E-state index in [0.29, 0.717) is 0 Å². The van der Waals surface area contributed by atoms with Gasteiger partial charge < -0.3 is 4.90 Å². The third-order valence-electron chi connectivity index (χ3n) is 3.76. The van der Waals surface area contributed by atoms with Crippen LogP contribution in [0.15, 0.2) is 0 Å². The molecule has 0 aromatic rings. The van der Waals surface area contributed by atoms with Gasteiger partial charge in [-0.3, -0.25) is 0 Å². The molecule has 1 saturated heterocycles. The maximum Gasteiger partial charge on any atom is -0.000654 e. The van der Waals surface area contributed by atoms with Crippen LogP contribution < -0.4 is 0 Å². The highest BCUT2D eigenvalue weighted by atomic mass is 15.2. The van der Waals surface area contributed by atoms with Crippen LogP contribution in [-0.4, -0.2) is 24.5 Å². The summed E-state index contributed by atoms with van der Waals surface area (Å²) in [5, 5.41) is 0. The molecule has 1 heteroatoms. The normalized spacial score (nSPS) is 25.8. The van der Waals surface area contributed by atoms with Crippen LogP contribution in [0, 0.1) is 5.92 Å². The lowest BCUT2D eigenvalue weighted by Crippen LogP contribution is -2.37. The van der Waals surface area contributed by atoms with Crippen molar-refractivity contribution in [3.8, 4) is 0 Å². The second kappa shape index (κ2) is 4.99. The molecule has 0 atom stereocenters. The van der Waals surface area contributed by atoms with Crippen LogP contribution in [0.4, 0.5) is 0 Å². The minimum Gasteiger partial charge on any atom is -0.303 e. The summed E-state index contributed by atoms with van der Waals surface area (Å²) >= 11 is 0. The van der Waals surface area contributed by atoms with E-state index in [4.69, 9.17) is 0 Å². The largest absolute Gasteiger partial charge is 0.303 e. The van der Waals surface area contributed by atoms with Crippen molar-refractivity contribution in [1.29, 1.82) is 0 Å². The van der Waals surface area contributed by atoms with Crippen molar-refractivity contribution in [2.24, 2.45) is 5.92 Å². The third kappa shape index (κ3) is 2.98. The highest BCUT2D eigenvalue weighted by molar-refractivity contribution is 4.70. The van der Waals surface area contributed by atoms with Crippen LogP contribution in [0.5, 0.6) is 0 Å². The molecule has 1 saturated carbocycles. The van der Waals surface area contributed by atoms with Crippen LogP contribution >= 0.6 is 0 Å². The predicted molar refractivity (Wildman–Crippen MR) is 56.9 cm³/mol. The molecular formula is C12H23N. The van der Waals surface area contributed by atoms with Crippen molar-refractivity contribution < 1.29 is 0 Å². The van der Waals surface area contributed by atoms with E-state index in [2.05, 4.69) is 4.90 Å². The van der Waals surface area contributed by atoms with Crippen molar-refractivity contribution in [2.45, 2.75) is 51.4 Å². The number of likely N-dealkylation sites (tertiary alicyclic amines) is 1. The lowest BCUT2D eigenvalue weighted by molar-refractivity contribution is 0.171. The highest BCUT2D eigenvalue weighted by Gasteiger charge is 2.15. The van der Waals surface area contributed by atoms with Gasteiger partial charge in [0, 0.05) is 0 Å². The number of nitrogens with zero attached hydrogens (tertiary/aromatic N) is 1. The Morgan fingerprint density at radius 1 is 0.923 bits per heavy atom. The van der Waals surface area contributed by atoms with Crippen LogP contribution in [0.1, 0.15) is 51.4 Å². The fourth-order valence-electron chi connectivity index (χ4n) is 2.68. The van der Waals surface area contributed by atoms with Crippen LogP contribution in [0.25, 0.3) is 0 Å². The fourth-order valence-corrected chi connectivity index (χ4v) is 2.68. The SMILES string of the molecule is C1CCC(CCCN2CCC2)CC1. The van der Waals surface area contributed by atoms with E-state index in [9.17, 15) is 0 Å². The molecule has 0 unspecified atom stereocenters. The van der Waals surface area contributed by atoms with Crippen LogP contribution in [0.2, 0.25) is 0 Å². The second-order valence-corrected chi connectivity index (χ2v) is 4.84. The summed E-state index contributed by atoms with van der Waals surface area (Å²) in [6.07, 6.45) is 12.0. The zero-order valence-electron chi connectivity index (χ0n) is 8.80. The van der Waals surface area contributed by atoms with E-state index in [1.165, 1.54) is 71.0 Å². The summed E-state index contributed by atoms with van der Waals surface area (Å²) in [6, 6.07) is 0. The standard InChI is InChI=1S/C12H23N/c1-2-6-12(7-3-1)8-4-9-13-10-5-11-13/h12H,1-11H2. The van der Waals surface area contributed by atoms with E-state index >= 15 is 0 Å². The Bertz CT molecular complexity index is 134. The van der Waals surface area contributed by atoms with Gasteiger partial charge in [0.2, 0.25) is 0 Å². The third-order valence-corrected chi connectivity index (χ3v) is 3.76. The molecule has 1 nitrogen and oxygen atoms in total. The average molecular weight is 181 g/mol. The van der Waals surface area contributed by atoms with Gasteiger partial charge in [-0.15, -0.1) is 0 Å². The van der Waals surface area contributed by atoms with Crippen molar-refractivity contribution in [3.05, 3.63) is 0 Å². The zero-order chi connectivity index (χ0) is 8.93. The first-order chi connectivity index (χ1) is 6.45. The predicted octanol–water partition coefficient (Wildman–Crippen LogP) is 3.05. The minimum atomic E-state index is 1.09. The van der Waals surface area contributed by atoms with Crippen molar-refractivity contribution in [1.82, 2.24) is 4.90 Å². The van der Waals surface area contributed by atoms with Crippen molar-refractivity contribution in [2.75, 3.05) is 19.6 Å². The zero-order valence-corrected chi connectivity index (χ0v) is 8.80. The second-order valence-electron chi connectivity index (χ2n) is 4.84. The monoisotopic (exact) mass is 181 g/mol. The van der Waals surface area contributed by atoms with Gasteiger partial charge in [-0.25, -0.2) is 0 Å². The van der Waals surface area contributed by atoms with Crippen molar-refractivity contribution >= 4 is 0 Å². The summed E-state index contributed by atoms with van der Waals surface area (Å²) in [5.41, 5.74) is 0. The van der Waals surface area contributed by atoms with Crippen LogP contribution in [-0.2, 0) is 0 Å². The van der Waals surface area contributed by atoms with Gasteiger partial charge in [0.25, 0.3) is 0 Å². The molecule has 0 aromatic heterocycles. The van der Waals surface area contributed by atoms with Gasteiger partial charge in [-0.05, 0) is 44.8 Å². The summed E-state index contributed by atoms with van der Waals surface area (Å²) in [4.78, 5) is 2.60. The fraction of sp³-hybridized carbons (Fsp3) is 1.00. The van der Waals surface area contributed by atoms with Gasteiger partial charge in [-0.1, -0.05) is 32.1 Å². The molecule has 1 aliphatic heterocycles. The van der Waals surface area contributed by atoms with Crippen molar-refractivity contribution in [3.63, 3.8) is 0 Å². The minimum absolute atomic E-state index is 1.09. The van der Waals surface area contributed by atoms with Crippen LogP contribution in [0.3, 0.4) is 0 Å². The smallest absolute Gasteiger partial charge is 0.000654 e. The molecule has 2 fully saturated rings. The van der Waals surface area contributed by atoms with E-state index in [0.717, 1.165) is 5.92 Å². The lowest BCUT2D eigenvalue weighted by Gasteiger charge is -2.31. The highest BCUT2D eigenvalue weighted by Crippen LogP contribution is 2.27. The van der Waals surface area contributed by atoms with E-state index in [-0.39, 0.29) is 0 Å². The van der Waals surface area contributed by atoms with Gasteiger partial charge in [0.15, 0.2) is 0 Å². The molecule has 1 heterocycles. The van der Waals surface area contributed by atoms with E-state index in [1.54, 1.807) is 0 Å². The van der Waals surface area contributed by atoms with Gasteiger partial charge in [0.1, 0.15) is 0 Å². The summed E-state index contributed by atoms with van der Waals surface area (Å²) in [5.74, 6) is 1.09. The Kier molecular flexibility index (Phi) is 3.65. The van der Waals surface area contributed by atoms with Gasteiger partial charge in [-0.2, -0.15) is 0 Å². The number of hydrogen-bond donors (Lipinski definition) is 0. The number of hydrogen-bond acceptors (Lipinski definition) is 1. The maximum absolute atomic E-state index is 2.60. The molecule has 0 amide bonds. The first-order valence-corrected chi connectivity index (χ1v) is 6.17. The summed E-state index contributed by atoms with van der Waals surface area (Å²) < 4.78 is 0. The van der Waals surface area contributed by atoms with E-state index < -0.39 is 0 Å². The Hall–Kier alpha value is -0.0400. The molecule has 1 aliphatic carbocycles. The molecule has 0 N–H and O–H groups in total. The topological polar surface area (TPSA) is 3.24 Å². The molecule has 2 aliphatic rings. The lowest BCUT2D eigenvalue weighted by atomic mass is 9.86. The first-order valence-electron chi connectivity index (χ1n) is 6.17. The quantitative estimate of drug-likeness (QED) is 0.644. The molecule has 0 spiro atoms. The Labute approximate surface area is 82.5 Å². The Morgan fingerprint density at radius 3 is 2.31 bits per heavy atom. The number of rotatable bonds is 4.